The van der Waals surface area contributed by atoms with Gasteiger partial charge in [0, 0.05) is 16.6 Å². The van der Waals surface area contributed by atoms with Crippen LogP contribution in [-0.4, -0.2) is 34.2 Å². The van der Waals surface area contributed by atoms with E-state index in [9.17, 15) is 19.1 Å². The third-order valence-electron chi connectivity index (χ3n) is 3.34. The number of amides is 1. The first-order chi connectivity index (χ1) is 10.4. The van der Waals surface area contributed by atoms with E-state index in [4.69, 9.17) is 4.74 Å². The van der Waals surface area contributed by atoms with Crippen molar-refractivity contribution in [2.24, 2.45) is 0 Å². The van der Waals surface area contributed by atoms with Crippen molar-refractivity contribution in [1.82, 2.24) is 4.90 Å². The standard InChI is InChI=1S/C16H21BrFNO4/c1-6-19(14(22)23-15(2,3)4)16(5,13(20)21)11-8-7-10(18)9-12(11)17/h7-9H,6H2,1-5H3,(H,20,21). The summed E-state index contributed by atoms with van der Waals surface area (Å²) in [7, 11) is 0. The van der Waals surface area contributed by atoms with Gasteiger partial charge in [0.15, 0.2) is 5.54 Å². The van der Waals surface area contributed by atoms with Gasteiger partial charge in [0.2, 0.25) is 0 Å². The molecule has 0 saturated heterocycles. The second kappa shape index (κ2) is 6.86. The summed E-state index contributed by atoms with van der Waals surface area (Å²) in [5.41, 5.74) is -2.20. The van der Waals surface area contributed by atoms with Crippen LogP contribution in [0.2, 0.25) is 0 Å². The van der Waals surface area contributed by atoms with Crippen molar-refractivity contribution in [3.8, 4) is 0 Å². The van der Waals surface area contributed by atoms with Crippen molar-refractivity contribution >= 4 is 28.0 Å². The van der Waals surface area contributed by atoms with Gasteiger partial charge in [-0.15, -0.1) is 0 Å². The number of ether oxygens (including phenoxy) is 1. The van der Waals surface area contributed by atoms with Crippen LogP contribution in [0.5, 0.6) is 0 Å². The highest BCUT2D eigenvalue weighted by molar-refractivity contribution is 9.10. The van der Waals surface area contributed by atoms with Crippen LogP contribution in [0, 0.1) is 5.82 Å². The van der Waals surface area contributed by atoms with Crippen LogP contribution in [0.15, 0.2) is 22.7 Å². The Labute approximate surface area is 143 Å². The number of hydrogen-bond donors (Lipinski definition) is 1. The van der Waals surface area contributed by atoms with E-state index in [1.807, 2.05) is 0 Å². The van der Waals surface area contributed by atoms with Crippen molar-refractivity contribution in [2.45, 2.75) is 45.8 Å². The maximum Gasteiger partial charge on any atom is 0.411 e. The molecule has 5 nitrogen and oxygen atoms in total. The number of aliphatic carboxylic acids is 1. The maximum absolute atomic E-state index is 13.3. The highest BCUT2D eigenvalue weighted by Crippen LogP contribution is 2.35. The second-order valence-electron chi connectivity index (χ2n) is 6.23. The topological polar surface area (TPSA) is 66.8 Å². The third-order valence-corrected chi connectivity index (χ3v) is 4.00. The van der Waals surface area contributed by atoms with Crippen molar-refractivity contribution in [3.63, 3.8) is 0 Å². The molecule has 1 aromatic carbocycles. The number of benzene rings is 1. The molecule has 1 amide bonds. The molecule has 1 unspecified atom stereocenters. The van der Waals surface area contributed by atoms with Crippen LogP contribution in [0.3, 0.4) is 0 Å². The monoisotopic (exact) mass is 389 g/mol. The van der Waals surface area contributed by atoms with E-state index in [-0.39, 0.29) is 16.6 Å². The van der Waals surface area contributed by atoms with Crippen molar-refractivity contribution in [2.75, 3.05) is 6.54 Å². The first-order valence-corrected chi connectivity index (χ1v) is 7.92. The number of carboxylic acid groups (broad SMARTS) is 1. The second-order valence-corrected chi connectivity index (χ2v) is 7.08. The number of halogens is 2. The lowest BCUT2D eigenvalue weighted by molar-refractivity contribution is -0.151. The minimum absolute atomic E-state index is 0.113. The molecule has 1 aromatic rings. The Balaban J connectivity index is 3.41. The summed E-state index contributed by atoms with van der Waals surface area (Å²) in [4.78, 5) is 25.5. The quantitative estimate of drug-likeness (QED) is 0.839. The van der Waals surface area contributed by atoms with Crippen LogP contribution >= 0.6 is 15.9 Å². The van der Waals surface area contributed by atoms with Gasteiger partial charge < -0.3 is 9.84 Å². The molecule has 0 aliphatic heterocycles. The maximum atomic E-state index is 13.3. The highest BCUT2D eigenvalue weighted by Gasteiger charge is 2.46. The van der Waals surface area contributed by atoms with Crippen molar-refractivity contribution in [3.05, 3.63) is 34.1 Å². The van der Waals surface area contributed by atoms with Gasteiger partial charge in [-0.05, 0) is 46.8 Å². The summed E-state index contributed by atoms with van der Waals surface area (Å²) >= 11 is 3.18. The minimum Gasteiger partial charge on any atom is -0.479 e. The first kappa shape index (κ1) is 19.4. The Kier molecular flexibility index (Phi) is 5.79. The molecule has 1 rings (SSSR count). The zero-order valence-electron chi connectivity index (χ0n) is 13.8. The van der Waals surface area contributed by atoms with E-state index < -0.39 is 29.0 Å². The Hall–Kier alpha value is -1.63. The Morgan fingerprint density at radius 3 is 2.26 bits per heavy atom. The van der Waals surface area contributed by atoms with Crippen LogP contribution in [0.4, 0.5) is 9.18 Å². The smallest absolute Gasteiger partial charge is 0.411 e. The number of nitrogens with zero attached hydrogens (tertiary/aromatic N) is 1. The van der Waals surface area contributed by atoms with Gasteiger partial charge in [-0.1, -0.05) is 22.0 Å². The van der Waals surface area contributed by atoms with Gasteiger partial charge in [0.1, 0.15) is 11.4 Å². The number of carbonyl (C=O) groups is 2. The molecule has 0 saturated carbocycles. The van der Waals surface area contributed by atoms with E-state index in [1.54, 1.807) is 27.7 Å². The number of likely N-dealkylation sites (N-methyl/N-ethyl adjacent to an activating group) is 1. The van der Waals surface area contributed by atoms with E-state index in [0.29, 0.717) is 0 Å². The van der Waals surface area contributed by atoms with E-state index in [1.165, 1.54) is 19.1 Å². The summed E-state index contributed by atoms with van der Waals surface area (Å²) in [6.45, 7) is 8.25. The van der Waals surface area contributed by atoms with Crippen LogP contribution in [0.1, 0.15) is 40.2 Å². The van der Waals surface area contributed by atoms with E-state index >= 15 is 0 Å². The number of hydrogen-bond acceptors (Lipinski definition) is 3. The molecule has 0 fully saturated rings. The molecule has 1 N–H and O–H groups in total. The lowest BCUT2D eigenvalue weighted by Gasteiger charge is -2.38. The summed E-state index contributed by atoms with van der Waals surface area (Å²) in [6.07, 6.45) is -0.749. The van der Waals surface area contributed by atoms with E-state index in [0.717, 1.165) is 11.0 Å². The number of carbonyl (C=O) groups excluding carboxylic acids is 1. The van der Waals surface area contributed by atoms with Gasteiger partial charge in [-0.3, -0.25) is 4.90 Å². The molecule has 128 valence electrons. The van der Waals surface area contributed by atoms with Gasteiger partial charge in [0.25, 0.3) is 0 Å². The highest BCUT2D eigenvalue weighted by atomic mass is 79.9. The summed E-state index contributed by atoms with van der Waals surface area (Å²) in [5, 5.41) is 9.76. The molecule has 1 atom stereocenters. The van der Waals surface area contributed by atoms with Gasteiger partial charge in [0.05, 0.1) is 0 Å². The molecule has 0 aliphatic rings. The lowest BCUT2D eigenvalue weighted by Crippen LogP contribution is -2.54. The van der Waals surface area contributed by atoms with Gasteiger partial charge in [-0.25, -0.2) is 14.0 Å². The summed E-state index contributed by atoms with van der Waals surface area (Å²) in [5.74, 6) is -1.74. The number of rotatable bonds is 4. The Morgan fingerprint density at radius 2 is 1.87 bits per heavy atom. The molecule has 0 aromatic heterocycles. The van der Waals surface area contributed by atoms with Gasteiger partial charge >= 0.3 is 12.1 Å². The van der Waals surface area contributed by atoms with E-state index in [2.05, 4.69) is 15.9 Å². The summed E-state index contributed by atoms with van der Waals surface area (Å²) < 4.78 is 18.9. The predicted molar refractivity (Wildman–Crippen MR) is 87.7 cm³/mol. The lowest BCUT2D eigenvalue weighted by atomic mass is 9.90. The van der Waals surface area contributed by atoms with Crippen LogP contribution < -0.4 is 0 Å². The van der Waals surface area contributed by atoms with Crippen LogP contribution in [0.25, 0.3) is 0 Å². The zero-order valence-corrected chi connectivity index (χ0v) is 15.4. The fourth-order valence-corrected chi connectivity index (χ4v) is 2.94. The SMILES string of the molecule is CCN(C(=O)OC(C)(C)C)C(C)(C(=O)O)c1ccc(F)cc1Br. The molecule has 0 heterocycles. The fraction of sp³-hybridized carbons (Fsp3) is 0.500. The van der Waals surface area contributed by atoms with Crippen molar-refractivity contribution < 1.29 is 23.8 Å². The zero-order chi connectivity index (χ0) is 18.0. The Bertz CT molecular complexity index is 615. The largest absolute Gasteiger partial charge is 0.479 e. The molecule has 0 bridgehead atoms. The molecular weight excluding hydrogens is 369 g/mol. The number of carboxylic acids is 1. The fourth-order valence-electron chi connectivity index (χ4n) is 2.21. The van der Waals surface area contributed by atoms with Crippen molar-refractivity contribution in [1.29, 1.82) is 0 Å². The van der Waals surface area contributed by atoms with Gasteiger partial charge in [-0.2, -0.15) is 0 Å². The molecular formula is C16H21BrFNO4. The average Bonchev–Trinajstić information content (AvgIpc) is 2.36. The molecule has 0 radical (unpaired) electrons. The first-order valence-electron chi connectivity index (χ1n) is 7.13. The average molecular weight is 390 g/mol. The predicted octanol–water partition coefficient (Wildman–Crippen LogP) is 4.15. The van der Waals surface area contributed by atoms with Crippen LogP contribution in [-0.2, 0) is 15.1 Å². The third kappa shape index (κ3) is 4.22. The molecule has 0 aliphatic carbocycles. The summed E-state index contributed by atoms with van der Waals surface area (Å²) in [6, 6.07) is 3.67. The molecule has 7 heteroatoms. The Morgan fingerprint density at radius 1 is 1.30 bits per heavy atom. The molecule has 0 spiro atoms. The minimum atomic E-state index is -1.70. The normalized spacial score (nSPS) is 14.0. The molecule has 23 heavy (non-hydrogen) atoms.